The Kier molecular flexibility index (Phi) is 2.96. The lowest BCUT2D eigenvalue weighted by Crippen LogP contribution is -2.55. The van der Waals surface area contributed by atoms with Crippen molar-refractivity contribution in [1.29, 1.82) is 0 Å². The van der Waals surface area contributed by atoms with Crippen LogP contribution in [0.5, 0.6) is 0 Å². The number of benzene rings is 1. The van der Waals surface area contributed by atoms with Gasteiger partial charge >= 0.3 is 0 Å². The molecule has 3 fully saturated rings. The molecule has 1 aromatic carbocycles. The second kappa shape index (κ2) is 4.58. The summed E-state index contributed by atoms with van der Waals surface area (Å²) in [4.78, 5) is 12.9. The molecule has 0 aromatic heterocycles. The Hall–Kier alpha value is -1.35. The zero-order chi connectivity index (χ0) is 15.4. The molecule has 1 aromatic rings. The predicted octanol–water partition coefficient (Wildman–Crippen LogP) is 2.94. The molecule has 118 valence electrons. The summed E-state index contributed by atoms with van der Waals surface area (Å²) in [7, 11) is 0. The average molecular weight is 299 g/mol. The molecule has 0 radical (unpaired) electrons. The molecule has 1 N–H and O–H groups in total. The number of amides is 1. The van der Waals surface area contributed by atoms with Gasteiger partial charge in [-0.1, -0.05) is 44.2 Å². The van der Waals surface area contributed by atoms with Crippen LogP contribution in [-0.4, -0.2) is 24.7 Å². The first-order chi connectivity index (χ1) is 10.5. The first-order valence-electron chi connectivity index (χ1n) is 8.48. The van der Waals surface area contributed by atoms with Gasteiger partial charge in [-0.05, 0) is 37.2 Å². The first kappa shape index (κ1) is 14.3. The highest BCUT2D eigenvalue weighted by atomic mass is 16.5. The summed E-state index contributed by atoms with van der Waals surface area (Å²) in [6.07, 6.45) is 4.17. The van der Waals surface area contributed by atoms with E-state index in [4.69, 9.17) is 4.74 Å². The fraction of sp³-hybridized carbons (Fsp3) is 0.632. The van der Waals surface area contributed by atoms with E-state index in [0.717, 1.165) is 25.9 Å². The lowest BCUT2D eigenvalue weighted by atomic mass is 9.66. The van der Waals surface area contributed by atoms with Crippen LogP contribution in [0, 0.1) is 16.7 Å². The van der Waals surface area contributed by atoms with Crippen LogP contribution >= 0.6 is 0 Å². The van der Waals surface area contributed by atoms with Crippen LogP contribution in [0.3, 0.4) is 0 Å². The van der Waals surface area contributed by atoms with Crippen molar-refractivity contribution in [2.45, 2.75) is 45.1 Å². The average Bonchev–Trinajstić information content (AvgIpc) is 3.00. The third-order valence-corrected chi connectivity index (χ3v) is 7.11. The maximum Gasteiger partial charge on any atom is 0.252 e. The minimum Gasteiger partial charge on any atom is -0.364 e. The third kappa shape index (κ3) is 1.58. The zero-order valence-corrected chi connectivity index (χ0v) is 13.5. The lowest BCUT2D eigenvalue weighted by molar-refractivity contribution is -0.155. The molecule has 4 bridgehead atoms. The Balaban J connectivity index is 1.45. The van der Waals surface area contributed by atoms with E-state index >= 15 is 0 Å². The van der Waals surface area contributed by atoms with Gasteiger partial charge in [0.25, 0.3) is 5.91 Å². The lowest BCUT2D eigenvalue weighted by Gasteiger charge is -2.40. The van der Waals surface area contributed by atoms with Gasteiger partial charge in [-0.25, -0.2) is 0 Å². The molecule has 22 heavy (non-hydrogen) atoms. The van der Waals surface area contributed by atoms with Crippen LogP contribution in [0.4, 0.5) is 0 Å². The van der Waals surface area contributed by atoms with Crippen LogP contribution in [0.2, 0.25) is 0 Å². The van der Waals surface area contributed by atoms with Crippen molar-refractivity contribution in [1.82, 2.24) is 5.32 Å². The van der Waals surface area contributed by atoms with E-state index in [1.165, 1.54) is 12.0 Å². The normalized spacial score (nSPS) is 41.8. The van der Waals surface area contributed by atoms with Crippen molar-refractivity contribution < 1.29 is 9.53 Å². The molecule has 1 heterocycles. The van der Waals surface area contributed by atoms with Crippen LogP contribution in [-0.2, 0) is 16.0 Å². The van der Waals surface area contributed by atoms with Crippen molar-refractivity contribution in [3.8, 4) is 0 Å². The van der Waals surface area contributed by atoms with E-state index in [1.807, 2.05) is 18.2 Å². The molecule has 3 nitrogen and oxygen atoms in total. The van der Waals surface area contributed by atoms with Gasteiger partial charge in [0.2, 0.25) is 0 Å². The second-order valence-corrected chi connectivity index (χ2v) is 7.80. The molecule has 4 atom stereocenters. The first-order valence-corrected chi connectivity index (χ1v) is 8.48. The van der Waals surface area contributed by atoms with E-state index in [2.05, 4.69) is 31.3 Å². The van der Waals surface area contributed by atoms with Gasteiger partial charge in [-0.3, -0.25) is 4.79 Å². The number of hydrogen-bond donors (Lipinski definition) is 1. The van der Waals surface area contributed by atoms with Gasteiger partial charge in [-0.15, -0.1) is 0 Å². The van der Waals surface area contributed by atoms with E-state index in [1.54, 1.807) is 0 Å². The molecular weight excluding hydrogens is 274 g/mol. The molecule has 1 amide bonds. The number of carbonyl (C=O) groups is 1. The van der Waals surface area contributed by atoms with Crippen LogP contribution in [0.25, 0.3) is 0 Å². The van der Waals surface area contributed by atoms with Gasteiger partial charge < -0.3 is 10.1 Å². The molecule has 0 unspecified atom stereocenters. The summed E-state index contributed by atoms with van der Waals surface area (Å²) >= 11 is 0. The molecule has 1 saturated heterocycles. The van der Waals surface area contributed by atoms with Crippen molar-refractivity contribution in [3.05, 3.63) is 35.9 Å². The molecular formula is C19H25NO2. The van der Waals surface area contributed by atoms with Crippen molar-refractivity contribution in [2.75, 3.05) is 13.2 Å². The highest BCUT2D eigenvalue weighted by molar-refractivity contribution is 5.88. The molecule has 3 aliphatic rings. The SMILES string of the molecule is C[C@@]12CC[C@H]3C[C@@]1(C(=O)NCCc1ccccc1)OC[C@]32C. The molecule has 2 saturated carbocycles. The fourth-order valence-electron chi connectivity index (χ4n) is 5.37. The topological polar surface area (TPSA) is 38.3 Å². The highest BCUT2D eigenvalue weighted by Crippen LogP contribution is 2.74. The van der Waals surface area contributed by atoms with Gasteiger partial charge in [0.15, 0.2) is 5.60 Å². The molecule has 2 aliphatic carbocycles. The Morgan fingerprint density at radius 1 is 1.32 bits per heavy atom. The van der Waals surface area contributed by atoms with E-state index < -0.39 is 5.60 Å². The minimum atomic E-state index is -0.568. The summed E-state index contributed by atoms with van der Waals surface area (Å²) in [6.45, 7) is 6.05. The molecule has 4 rings (SSSR count). The minimum absolute atomic E-state index is 0.0154. The third-order valence-electron chi connectivity index (χ3n) is 7.11. The maximum absolute atomic E-state index is 12.9. The van der Waals surface area contributed by atoms with E-state index in [-0.39, 0.29) is 16.7 Å². The maximum atomic E-state index is 12.9. The zero-order valence-electron chi connectivity index (χ0n) is 13.5. The van der Waals surface area contributed by atoms with Crippen LogP contribution < -0.4 is 5.32 Å². The largest absolute Gasteiger partial charge is 0.364 e. The van der Waals surface area contributed by atoms with E-state index in [0.29, 0.717) is 12.5 Å². The van der Waals surface area contributed by atoms with Gasteiger partial charge in [0, 0.05) is 17.4 Å². The molecule has 3 heteroatoms. The Labute approximate surface area is 132 Å². The highest BCUT2D eigenvalue weighted by Gasteiger charge is 2.78. The van der Waals surface area contributed by atoms with E-state index in [9.17, 15) is 4.79 Å². The quantitative estimate of drug-likeness (QED) is 0.928. The number of rotatable bonds is 4. The van der Waals surface area contributed by atoms with Crippen LogP contribution in [0.1, 0.15) is 38.7 Å². The van der Waals surface area contributed by atoms with Crippen LogP contribution in [0.15, 0.2) is 30.3 Å². The smallest absolute Gasteiger partial charge is 0.252 e. The summed E-state index contributed by atoms with van der Waals surface area (Å²) in [5.41, 5.74) is 0.906. The van der Waals surface area contributed by atoms with Crippen molar-refractivity contribution in [2.24, 2.45) is 16.7 Å². The summed E-state index contributed by atoms with van der Waals surface area (Å²) in [5.74, 6) is 0.781. The van der Waals surface area contributed by atoms with Gasteiger partial charge in [0.05, 0.1) is 6.61 Å². The fourth-order valence-corrected chi connectivity index (χ4v) is 5.37. The predicted molar refractivity (Wildman–Crippen MR) is 85.4 cm³/mol. The molecule has 0 spiro atoms. The number of nitrogens with one attached hydrogen (secondary N) is 1. The molecule has 1 aliphatic heterocycles. The monoisotopic (exact) mass is 299 g/mol. The Bertz CT molecular complexity index is 601. The van der Waals surface area contributed by atoms with Crippen molar-refractivity contribution in [3.63, 3.8) is 0 Å². The standard InChI is InChI=1S/C19H25NO2/c1-17-13-22-19(12-15(17)8-10-18(17,19)2)16(21)20-11-9-14-6-4-3-5-7-14/h3-7,15H,8-13H2,1-2H3,(H,20,21)/t15-,17+,18-,19-/m0/s1. The summed E-state index contributed by atoms with van der Waals surface area (Å²) in [5, 5.41) is 3.15. The number of hydrogen-bond acceptors (Lipinski definition) is 2. The van der Waals surface area contributed by atoms with Gasteiger partial charge in [0.1, 0.15) is 0 Å². The second-order valence-electron chi connectivity index (χ2n) is 7.80. The Morgan fingerprint density at radius 2 is 2.09 bits per heavy atom. The Morgan fingerprint density at radius 3 is 2.77 bits per heavy atom. The van der Waals surface area contributed by atoms with Gasteiger partial charge in [-0.2, -0.15) is 0 Å². The number of ether oxygens (including phenoxy) is 1. The van der Waals surface area contributed by atoms with Crippen molar-refractivity contribution >= 4 is 5.91 Å². The summed E-state index contributed by atoms with van der Waals surface area (Å²) < 4.78 is 6.13. The number of carbonyl (C=O) groups excluding carboxylic acids is 1. The summed E-state index contributed by atoms with van der Waals surface area (Å²) in [6, 6.07) is 10.3.